The topological polar surface area (TPSA) is 77.6 Å². The first kappa shape index (κ1) is 21.8. The molecule has 7 nitrogen and oxygen atoms in total. The van der Waals surface area contributed by atoms with Crippen LogP contribution in [0.2, 0.25) is 0 Å². The minimum atomic E-state index is -0.229. The molecule has 0 fully saturated rings. The van der Waals surface area contributed by atoms with Crippen LogP contribution in [-0.4, -0.2) is 39.1 Å². The van der Waals surface area contributed by atoms with Crippen LogP contribution in [0.4, 0.5) is 0 Å². The van der Waals surface area contributed by atoms with E-state index in [-0.39, 0.29) is 17.6 Å². The largest absolute Gasteiger partial charge is 0.379 e. The Balaban J connectivity index is 1.73. The lowest BCUT2D eigenvalue weighted by Crippen LogP contribution is -2.28. The molecule has 1 N–H and O–H groups in total. The van der Waals surface area contributed by atoms with Crippen LogP contribution in [-0.2, 0) is 11.3 Å². The molecule has 0 unspecified atom stereocenters. The Hall–Kier alpha value is -3.45. The molecule has 4 aromatic rings. The molecule has 7 heteroatoms. The molecule has 4 rings (SSSR count). The number of pyridine rings is 1. The van der Waals surface area contributed by atoms with Crippen molar-refractivity contribution in [1.82, 2.24) is 19.3 Å². The summed E-state index contributed by atoms with van der Waals surface area (Å²) in [6, 6.07) is 15.2. The molecule has 0 radical (unpaired) electrons. The summed E-state index contributed by atoms with van der Waals surface area (Å²) in [4.78, 5) is 31.0. The number of hydrogen-bond acceptors (Lipinski definition) is 4. The first-order valence-corrected chi connectivity index (χ1v) is 10.9. The summed E-state index contributed by atoms with van der Waals surface area (Å²) in [6.07, 6.45) is 2.65. The molecule has 3 heterocycles. The number of nitrogens with zero attached hydrogens (tertiary/aromatic N) is 3. The predicted octanol–water partition coefficient (Wildman–Crippen LogP) is 3.55. The zero-order chi connectivity index (χ0) is 22.7. The van der Waals surface area contributed by atoms with Crippen LogP contribution < -0.4 is 10.9 Å². The highest BCUT2D eigenvalue weighted by Gasteiger charge is 2.20. The van der Waals surface area contributed by atoms with Crippen molar-refractivity contribution in [2.24, 2.45) is 0 Å². The quantitative estimate of drug-likeness (QED) is 0.432. The van der Waals surface area contributed by atoms with Crippen molar-refractivity contribution in [3.63, 3.8) is 0 Å². The summed E-state index contributed by atoms with van der Waals surface area (Å²) in [5, 5.41) is 3.38. The average molecular weight is 433 g/mol. The fourth-order valence-electron chi connectivity index (χ4n) is 3.71. The lowest BCUT2D eigenvalue weighted by molar-refractivity contribution is 0.0756. The van der Waals surface area contributed by atoms with E-state index in [1.807, 2.05) is 67.8 Å². The number of hydrogen-bond donors (Lipinski definition) is 1. The summed E-state index contributed by atoms with van der Waals surface area (Å²) in [5.41, 5.74) is 3.29. The first-order valence-electron chi connectivity index (χ1n) is 10.9. The number of rotatable bonds is 8. The molecule has 0 aliphatic carbocycles. The van der Waals surface area contributed by atoms with Gasteiger partial charge in [-0.1, -0.05) is 36.4 Å². The molecule has 166 valence electrons. The van der Waals surface area contributed by atoms with Crippen molar-refractivity contribution < 1.29 is 9.53 Å². The Morgan fingerprint density at radius 1 is 1.16 bits per heavy atom. The van der Waals surface area contributed by atoms with Crippen molar-refractivity contribution in [3.05, 3.63) is 81.9 Å². The summed E-state index contributed by atoms with van der Waals surface area (Å²) in [7, 11) is 0. The number of carbonyl (C=O) groups is 1. The van der Waals surface area contributed by atoms with E-state index in [4.69, 9.17) is 9.72 Å². The number of fused-ring (bicyclic) bond motifs is 2. The minimum absolute atomic E-state index is 0.163. The number of nitrogens with one attached hydrogen (secondary N) is 1. The number of amides is 1. The molecule has 1 amide bonds. The zero-order valence-corrected chi connectivity index (χ0v) is 18.7. The fraction of sp³-hybridized carbons (Fsp3) is 0.320. The predicted molar refractivity (Wildman–Crippen MR) is 125 cm³/mol. The van der Waals surface area contributed by atoms with Gasteiger partial charge in [0, 0.05) is 25.9 Å². The van der Waals surface area contributed by atoms with Gasteiger partial charge in [0.15, 0.2) is 0 Å². The fourth-order valence-corrected chi connectivity index (χ4v) is 3.71. The van der Waals surface area contributed by atoms with Gasteiger partial charge in [-0.2, -0.15) is 0 Å². The third kappa shape index (κ3) is 4.57. The molecule has 0 atom stereocenters. The third-order valence-corrected chi connectivity index (χ3v) is 5.29. The van der Waals surface area contributed by atoms with Crippen molar-refractivity contribution >= 4 is 22.6 Å². The van der Waals surface area contributed by atoms with E-state index in [1.54, 1.807) is 12.3 Å². The monoisotopic (exact) mass is 432 g/mol. The second-order valence-electron chi connectivity index (χ2n) is 8.22. The van der Waals surface area contributed by atoms with Crippen molar-refractivity contribution in [1.29, 1.82) is 0 Å². The Morgan fingerprint density at radius 3 is 2.69 bits per heavy atom. The molecule has 0 aliphatic heterocycles. The van der Waals surface area contributed by atoms with Gasteiger partial charge in [-0.3, -0.25) is 14.0 Å². The lowest BCUT2D eigenvalue weighted by atomic mass is 10.2. The van der Waals surface area contributed by atoms with Gasteiger partial charge < -0.3 is 14.6 Å². The highest BCUT2D eigenvalue weighted by atomic mass is 16.5. The second-order valence-corrected chi connectivity index (χ2v) is 8.22. The van der Waals surface area contributed by atoms with Crippen LogP contribution in [0, 0.1) is 6.92 Å². The third-order valence-electron chi connectivity index (χ3n) is 5.29. The number of aryl methyl sites for hydroxylation is 1. The van der Waals surface area contributed by atoms with Crippen LogP contribution in [0.15, 0.2) is 59.5 Å². The maximum absolute atomic E-state index is 13.2. The maximum atomic E-state index is 13.2. The van der Waals surface area contributed by atoms with Crippen molar-refractivity contribution in [2.75, 3.05) is 13.2 Å². The summed E-state index contributed by atoms with van der Waals surface area (Å²) in [5.74, 6) is -0.229. The van der Waals surface area contributed by atoms with E-state index in [9.17, 15) is 9.59 Å². The van der Waals surface area contributed by atoms with Crippen LogP contribution in [0.5, 0.6) is 0 Å². The molecular weight excluding hydrogens is 404 g/mol. The number of ether oxygens (including phenoxy) is 1. The van der Waals surface area contributed by atoms with E-state index in [0.717, 1.165) is 11.1 Å². The molecule has 0 saturated carbocycles. The van der Waals surface area contributed by atoms with Crippen LogP contribution in [0.1, 0.15) is 41.9 Å². The minimum Gasteiger partial charge on any atom is -0.379 e. The molecule has 0 spiro atoms. The summed E-state index contributed by atoms with van der Waals surface area (Å²) in [6.45, 7) is 7.41. The molecule has 32 heavy (non-hydrogen) atoms. The van der Waals surface area contributed by atoms with Crippen LogP contribution in [0.25, 0.3) is 16.7 Å². The van der Waals surface area contributed by atoms with Gasteiger partial charge in [0.2, 0.25) is 0 Å². The van der Waals surface area contributed by atoms with Gasteiger partial charge in [0.05, 0.1) is 11.5 Å². The van der Waals surface area contributed by atoms with Crippen LogP contribution >= 0.6 is 0 Å². The SMILES string of the molecule is Cc1ccc2nc3c(cc(C(=O)NCCCOC(C)C)n3Cc3ccccc3)c(=O)n2c1. The normalized spacial score (nSPS) is 11.5. The lowest BCUT2D eigenvalue weighted by Gasteiger charge is -2.12. The van der Waals surface area contributed by atoms with Gasteiger partial charge in [-0.05, 0) is 50.5 Å². The maximum Gasteiger partial charge on any atom is 0.268 e. The van der Waals surface area contributed by atoms with E-state index < -0.39 is 0 Å². The molecule has 0 aliphatic rings. The highest BCUT2D eigenvalue weighted by molar-refractivity contribution is 5.98. The van der Waals surface area contributed by atoms with E-state index >= 15 is 0 Å². The highest BCUT2D eigenvalue weighted by Crippen LogP contribution is 2.19. The Kier molecular flexibility index (Phi) is 6.37. The summed E-state index contributed by atoms with van der Waals surface area (Å²) < 4.78 is 8.90. The Morgan fingerprint density at radius 2 is 1.94 bits per heavy atom. The van der Waals surface area contributed by atoms with Gasteiger partial charge in [0.25, 0.3) is 11.5 Å². The first-order chi connectivity index (χ1) is 15.4. The molecular formula is C25H28N4O3. The number of aromatic nitrogens is 3. The van der Waals surface area contributed by atoms with Gasteiger partial charge >= 0.3 is 0 Å². The Bertz CT molecular complexity index is 1310. The van der Waals surface area contributed by atoms with Gasteiger partial charge in [-0.25, -0.2) is 4.98 Å². The molecule has 0 bridgehead atoms. The van der Waals surface area contributed by atoms with Gasteiger partial charge in [-0.15, -0.1) is 0 Å². The molecule has 1 aromatic carbocycles. The zero-order valence-electron chi connectivity index (χ0n) is 18.7. The second kappa shape index (κ2) is 9.36. The van der Waals surface area contributed by atoms with Gasteiger partial charge in [0.1, 0.15) is 17.0 Å². The van der Waals surface area contributed by atoms with Crippen LogP contribution in [0.3, 0.4) is 0 Å². The smallest absolute Gasteiger partial charge is 0.268 e. The molecule has 0 saturated heterocycles. The Labute approximate surface area is 186 Å². The average Bonchev–Trinajstić information content (AvgIpc) is 3.13. The molecule has 3 aromatic heterocycles. The standard InChI is InChI=1S/C25H28N4O3/c1-17(2)32-13-7-12-26-24(30)21-14-20-23(28(21)16-19-8-5-4-6-9-19)27-22-11-10-18(3)15-29(22)25(20)31/h4-6,8-11,14-15,17H,7,12-13,16H2,1-3H3,(H,26,30). The van der Waals surface area contributed by atoms with E-state index in [0.29, 0.717) is 48.5 Å². The number of benzene rings is 1. The summed E-state index contributed by atoms with van der Waals surface area (Å²) >= 11 is 0. The van der Waals surface area contributed by atoms with Crippen molar-refractivity contribution in [3.8, 4) is 0 Å². The van der Waals surface area contributed by atoms with E-state index in [1.165, 1.54) is 4.40 Å². The van der Waals surface area contributed by atoms with E-state index in [2.05, 4.69) is 5.32 Å². The van der Waals surface area contributed by atoms with Crippen molar-refractivity contribution in [2.45, 2.75) is 39.8 Å². The number of carbonyl (C=O) groups excluding carboxylic acids is 1.